The Bertz CT molecular complexity index is 368. The monoisotopic (exact) mass is 288 g/mol. The molecule has 2 amide bonds. The van der Waals surface area contributed by atoms with Crippen molar-refractivity contribution in [3.05, 3.63) is 22.4 Å². The van der Waals surface area contributed by atoms with E-state index in [0.29, 0.717) is 38.2 Å². The Hall–Kier alpha value is -1.07. The van der Waals surface area contributed by atoms with Crippen LogP contribution in [-0.4, -0.2) is 30.8 Å². The minimum absolute atomic E-state index is 0.0209. The van der Waals surface area contributed by atoms with E-state index in [9.17, 15) is 9.59 Å². The number of halogens is 1. The predicted octanol–water partition coefficient (Wildman–Crippen LogP) is 1.54. The van der Waals surface area contributed by atoms with Gasteiger partial charge in [0.15, 0.2) is 0 Å². The van der Waals surface area contributed by atoms with Crippen molar-refractivity contribution in [1.29, 1.82) is 0 Å². The Balaban J connectivity index is 2.03. The van der Waals surface area contributed by atoms with Gasteiger partial charge in [0.1, 0.15) is 0 Å². The highest BCUT2D eigenvalue weighted by molar-refractivity contribution is 7.10. The average Bonchev–Trinajstić information content (AvgIpc) is 2.85. The van der Waals surface area contributed by atoms with Gasteiger partial charge < -0.3 is 10.6 Å². The van der Waals surface area contributed by atoms with Gasteiger partial charge in [-0.05, 0) is 17.9 Å². The molecular weight excluding hydrogens is 272 g/mol. The van der Waals surface area contributed by atoms with Crippen LogP contribution in [-0.2, 0) is 16.0 Å². The summed E-state index contributed by atoms with van der Waals surface area (Å²) < 4.78 is 0. The first kappa shape index (κ1) is 15.0. The molecule has 0 aliphatic heterocycles. The summed E-state index contributed by atoms with van der Waals surface area (Å²) in [6.45, 7) is 0.911. The number of carbonyl (C=O) groups excluding carboxylic acids is 2. The lowest BCUT2D eigenvalue weighted by atomic mass is 10.3. The molecule has 0 saturated heterocycles. The minimum Gasteiger partial charge on any atom is -0.354 e. The van der Waals surface area contributed by atoms with Crippen LogP contribution in [0.25, 0.3) is 0 Å². The van der Waals surface area contributed by atoms with E-state index >= 15 is 0 Å². The van der Waals surface area contributed by atoms with Gasteiger partial charge >= 0.3 is 0 Å². The summed E-state index contributed by atoms with van der Waals surface area (Å²) in [5.41, 5.74) is 0. The number of amides is 2. The zero-order valence-corrected chi connectivity index (χ0v) is 11.6. The summed E-state index contributed by atoms with van der Waals surface area (Å²) in [5.74, 6) is 0.445. The Morgan fingerprint density at radius 3 is 2.56 bits per heavy atom. The van der Waals surface area contributed by atoms with Gasteiger partial charge in [-0.15, -0.1) is 22.9 Å². The Morgan fingerprint density at radius 1 is 1.22 bits per heavy atom. The Kier molecular flexibility index (Phi) is 7.44. The lowest BCUT2D eigenvalue weighted by Gasteiger charge is -2.06. The van der Waals surface area contributed by atoms with Gasteiger partial charge in [0.25, 0.3) is 0 Å². The largest absolute Gasteiger partial charge is 0.354 e. The van der Waals surface area contributed by atoms with E-state index in [4.69, 9.17) is 11.6 Å². The van der Waals surface area contributed by atoms with Crippen LogP contribution >= 0.6 is 22.9 Å². The van der Waals surface area contributed by atoms with Crippen LogP contribution in [0, 0.1) is 0 Å². The zero-order chi connectivity index (χ0) is 13.2. The molecule has 0 fully saturated rings. The van der Waals surface area contributed by atoms with E-state index in [0.717, 1.165) is 4.88 Å². The molecular formula is C12H17ClN2O2S. The number of nitrogens with one attached hydrogen (secondary N) is 2. The Morgan fingerprint density at radius 2 is 1.94 bits per heavy atom. The quantitative estimate of drug-likeness (QED) is 0.563. The standard InChI is InChI=1S/C12H17ClN2O2S/c13-5-1-4-11(16)14-6-7-15-12(17)9-10-3-2-8-18-10/h2-3,8H,1,4-7,9H2,(H,14,16)(H,15,17). The average molecular weight is 289 g/mol. The number of rotatable bonds is 8. The summed E-state index contributed by atoms with van der Waals surface area (Å²) in [7, 11) is 0. The van der Waals surface area contributed by atoms with Gasteiger partial charge in [-0.25, -0.2) is 0 Å². The number of hydrogen-bond acceptors (Lipinski definition) is 3. The van der Waals surface area contributed by atoms with Crippen LogP contribution in [0.1, 0.15) is 17.7 Å². The van der Waals surface area contributed by atoms with E-state index < -0.39 is 0 Å². The van der Waals surface area contributed by atoms with Gasteiger partial charge in [0.2, 0.25) is 11.8 Å². The number of hydrogen-bond donors (Lipinski definition) is 2. The van der Waals surface area contributed by atoms with Gasteiger partial charge in [-0.1, -0.05) is 6.07 Å². The molecule has 0 radical (unpaired) electrons. The predicted molar refractivity (Wildman–Crippen MR) is 74.0 cm³/mol. The van der Waals surface area contributed by atoms with Gasteiger partial charge in [-0.2, -0.15) is 0 Å². The molecule has 0 aliphatic rings. The van der Waals surface area contributed by atoms with E-state index in [1.54, 1.807) is 11.3 Å². The van der Waals surface area contributed by atoms with Crippen molar-refractivity contribution in [2.45, 2.75) is 19.3 Å². The maximum atomic E-state index is 11.5. The third-order valence-corrected chi connectivity index (χ3v) is 3.37. The molecule has 1 aromatic rings. The van der Waals surface area contributed by atoms with Gasteiger partial charge in [0.05, 0.1) is 6.42 Å². The molecule has 6 heteroatoms. The number of alkyl halides is 1. The first-order valence-electron chi connectivity index (χ1n) is 5.84. The summed E-state index contributed by atoms with van der Waals surface area (Å²) in [4.78, 5) is 23.8. The first-order chi connectivity index (χ1) is 8.72. The van der Waals surface area contributed by atoms with Crippen LogP contribution in [0.3, 0.4) is 0 Å². The van der Waals surface area contributed by atoms with E-state index in [-0.39, 0.29) is 11.8 Å². The third-order valence-electron chi connectivity index (χ3n) is 2.22. The van der Waals surface area contributed by atoms with E-state index in [2.05, 4.69) is 10.6 Å². The van der Waals surface area contributed by atoms with Crippen LogP contribution in [0.2, 0.25) is 0 Å². The zero-order valence-electron chi connectivity index (χ0n) is 10.1. The second-order valence-electron chi connectivity index (χ2n) is 3.75. The molecule has 0 spiro atoms. The highest BCUT2D eigenvalue weighted by Gasteiger charge is 2.04. The molecule has 0 bridgehead atoms. The molecule has 0 aromatic carbocycles. The normalized spacial score (nSPS) is 10.1. The Labute approximate surface area is 116 Å². The molecule has 0 saturated carbocycles. The smallest absolute Gasteiger partial charge is 0.225 e. The second-order valence-corrected chi connectivity index (χ2v) is 5.16. The number of carbonyl (C=O) groups is 2. The lowest BCUT2D eigenvalue weighted by Crippen LogP contribution is -2.35. The van der Waals surface area contributed by atoms with Crippen LogP contribution < -0.4 is 10.6 Å². The highest BCUT2D eigenvalue weighted by atomic mass is 35.5. The maximum absolute atomic E-state index is 11.5. The minimum atomic E-state index is -0.0249. The first-order valence-corrected chi connectivity index (χ1v) is 7.25. The number of thiophene rings is 1. The van der Waals surface area contributed by atoms with Crippen molar-refractivity contribution in [2.75, 3.05) is 19.0 Å². The van der Waals surface area contributed by atoms with Crippen LogP contribution in [0.5, 0.6) is 0 Å². The van der Waals surface area contributed by atoms with Gasteiger partial charge in [-0.3, -0.25) is 9.59 Å². The van der Waals surface area contributed by atoms with Crippen molar-refractivity contribution >= 4 is 34.8 Å². The molecule has 0 atom stereocenters. The molecule has 0 unspecified atom stereocenters. The molecule has 0 aliphatic carbocycles. The van der Waals surface area contributed by atoms with E-state index in [1.165, 1.54) is 0 Å². The lowest BCUT2D eigenvalue weighted by molar-refractivity contribution is -0.122. The molecule has 2 N–H and O–H groups in total. The molecule has 4 nitrogen and oxygen atoms in total. The van der Waals surface area contributed by atoms with E-state index in [1.807, 2.05) is 17.5 Å². The molecule has 1 heterocycles. The fraction of sp³-hybridized carbons (Fsp3) is 0.500. The SMILES string of the molecule is O=C(CCCCl)NCCNC(=O)Cc1cccs1. The van der Waals surface area contributed by atoms with Crippen molar-refractivity contribution in [1.82, 2.24) is 10.6 Å². The fourth-order valence-electron chi connectivity index (χ4n) is 1.35. The summed E-state index contributed by atoms with van der Waals surface area (Å²) >= 11 is 7.04. The molecule has 100 valence electrons. The fourth-order valence-corrected chi connectivity index (χ4v) is 2.19. The summed E-state index contributed by atoms with van der Waals surface area (Å²) in [5, 5.41) is 7.43. The molecule has 18 heavy (non-hydrogen) atoms. The van der Waals surface area contributed by atoms with Crippen molar-refractivity contribution in [2.24, 2.45) is 0 Å². The third kappa shape index (κ3) is 6.61. The second kappa shape index (κ2) is 8.94. The highest BCUT2D eigenvalue weighted by Crippen LogP contribution is 2.08. The molecule has 1 aromatic heterocycles. The topological polar surface area (TPSA) is 58.2 Å². The van der Waals surface area contributed by atoms with Crippen molar-refractivity contribution < 1.29 is 9.59 Å². The van der Waals surface area contributed by atoms with Crippen molar-refractivity contribution in [3.63, 3.8) is 0 Å². The van der Waals surface area contributed by atoms with Crippen molar-refractivity contribution in [3.8, 4) is 0 Å². The summed E-state index contributed by atoms with van der Waals surface area (Å²) in [6.07, 6.45) is 1.52. The summed E-state index contributed by atoms with van der Waals surface area (Å²) in [6, 6.07) is 3.85. The van der Waals surface area contributed by atoms with Gasteiger partial charge in [0, 0.05) is 30.3 Å². The van der Waals surface area contributed by atoms with Crippen LogP contribution in [0.15, 0.2) is 17.5 Å². The molecule has 1 rings (SSSR count). The maximum Gasteiger partial charge on any atom is 0.225 e. The van der Waals surface area contributed by atoms with Crippen LogP contribution in [0.4, 0.5) is 0 Å².